The number of amides is 1. The van der Waals surface area contributed by atoms with Crippen LogP contribution in [0.5, 0.6) is 0 Å². The largest absolute Gasteiger partial charge is 0.379 e. The highest BCUT2D eigenvalue weighted by atomic mass is 16.5. The lowest BCUT2D eigenvalue weighted by atomic mass is 10.0. The summed E-state index contributed by atoms with van der Waals surface area (Å²) in [7, 11) is 0. The summed E-state index contributed by atoms with van der Waals surface area (Å²) in [6.07, 6.45) is 5.05. The molecular weight excluding hydrogens is 298 g/mol. The van der Waals surface area contributed by atoms with Crippen molar-refractivity contribution in [3.05, 3.63) is 52.7 Å². The molecule has 0 saturated carbocycles. The lowest BCUT2D eigenvalue weighted by Gasteiger charge is -2.22. The fraction of sp³-hybridized carbons (Fsp3) is 0.400. The SMILES string of the molecule is O=C(c1ncccn1)N1CCOCC(Cc2cc(=O)[nH]cn2)C1. The Labute approximate surface area is 132 Å². The van der Waals surface area contributed by atoms with Crippen LogP contribution in [0.1, 0.15) is 16.3 Å². The molecule has 8 heteroatoms. The predicted octanol–water partition coefficient (Wildman–Crippen LogP) is -0.109. The van der Waals surface area contributed by atoms with Crippen LogP contribution < -0.4 is 5.56 Å². The summed E-state index contributed by atoms with van der Waals surface area (Å²) < 4.78 is 5.58. The standard InChI is InChI=1S/C15H17N5O3/c21-13-7-12(18-10-19-13)6-11-8-20(4-5-23-9-11)15(22)14-16-2-1-3-17-14/h1-3,7,10-11H,4-6,8-9H2,(H,18,19,21). The fourth-order valence-electron chi connectivity index (χ4n) is 2.56. The second-order valence-corrected chi connectivity index (χ2v) is 5.37. The van der Waals surface area contributed by atoms with Crippen molar-refractivity contribution in [3.63, 3.8) is 0 Å². The summed E-state index contributed by atoms with van der Waals surface area (Å²) in [6.45, 7) is 2.01. The maximum Gasteiger partial charge on any atom is 0.291 e. The smallest absolute Gasteiger partial charge is 0.291 e. The van der Waals surface area contributed by atoms with Crippen LogP contribution in [0, 0.1) is 5.92 Å². The molecule has 1 fully saturated rings. The van der Waals surface area contributed by atoms with Gasteiger partial charge < -0.3 is 14.6 Å². The summed E-state index contributed by atoms with van der Waals surface area (Å²) in [5.41, 5.74) is 0.503. The maximum absolute atomic E-state index is 12.5. The van der Waals surface area contributed by atoms with E-state index in [1.54, 1.807) is 23.4 Å². The summed E-state index contributed by atoms with van der Waals surface area (Å²) in [5, 5.41) is 0. The van der Waals surface area contributed by atoms with Crippen molar-refractivity contribution >= 4 is 5.91 Å². The van der Waals surface area contributed by atoms with E-state index >= 15 is 0 Å². The molecule has 3 rings (SSSR count). The van der Waals surface area contributed by atoms with E-state index in [2.05, 4.69) is 19.9 Å². The predicted molar refractivity (Wildman–Crippen MR) is 80.8 cm³/mol. The fourth-order valence-corrected chi connectivity index (χ4v) is 2.56. The van der Waals surface area contributed by atoms with E-state index < -0.39 is 0 Å². The van der Waals surface area contributed by atoms with Crippen LogP contribution in [0.2, 0.25) is 0 Å². The lowest BCUT2D eigenvalue weighted by Crippen LogP contribution is -2.37. The highest BCUT2D eigenvalue weighted by Crippen LogP contribution is 2.13. The number of hydrogen-bond donors (Lipinski definition) is 1. The first-order valence-corrected chi connectivity index (χ1v) is 7.40. The van der Waals surface area contributed by atoms with Crippen LogP contribution in [0.25, 0.3) is 0 Å². The van der Waals surface area contributed by atoms with Crippen LogP contribution in [-0.2, 0) is 11.2 Å². The third kappa shape index (κ3) is 3.98. The quantitative estimate of drug-likeness (QED) is 0.848. The van der Waals surface area contributed by atoms with Crippen molar-refractivity contribution in [1.29, 1.82) is 0 Å². The van der Waals surface area contributed by atoms with E-state index in [0.717, 1.165) is 0 Å². The van der Waals surface area contributed by atoms with Gasteiger partial charge in [-0.3, -0.25) is 9.59 Å². The van der Waals surface area contributed by atoms with Gasteiger partial charge in [0, 0.05) is 43.2 Å². The van der Waals surface area contributed by atoms with Crippen molar-refractivity contribution in [3.8, 4) is 0 Å². The molecule has 0 radical (unpaired) electrons. The van der Waals surface area contributed by atoms with Gasteiger partial charge in [0.2, 0.25) is 5.82 Å². The van der Waals surface area contributed by atoms with Crippen LogP contribution in [0.15, 0.2) is 35.6 Å². The van der Waals surface area contributed by atoms with E-state index in [-0.39, 0.29) is 23.2 Å². The van der Waals surface area contributed by atoms with Crippen molar-refractivity contribution in [2.45, 2.75) is 6.42 Å². The highest BCUT2D eigenvalue weighted by molar-refractivity contribution is 5.90. The molecule has 0 aromatic carbocycles. The summed E-state index contributed by atoms with van der Waals surface area (Å²) >= 11 is 0. The normalized spacial score (nSPS) is 18.4. The zero-order valence-corrected chi connectivity index (χ0v) is 12.5. The third-order valence-electron chi connectivity index (χ3n) is 3.61. The molecule has 1 aliphatic rings. The first-order chi connectivity index (χ1) is 11.2. The Morgan fingerprint density at radius 1 is 1.35 bits per heavy atom. The summed E-state index contributed by atoms with van der Waals surface area (Å²) in [4.78, 5) is 40.2. The van der Waals surface area contributed by atoms with E-state index in [0.29, 0.717) is 38.4 Å². The molecule has 120 valence electrons. The minimum Gasteiger partial charge on any atom is -0.379 e. The minimum absolute atomic E-state index is 0.0689. The number of nitrogens with one attached hydrogen (secondary N) is 1. The van der Waals surface area contributed by atoms with Crippen LogP contribution in [0.3, 0.4) is 0 Å². The van der Waals surface area contributed by atoms with Gasteiger partial charge in [-0.2, -0.15) is 0 Å². The minimum atomic E-state index is -0.208. The van der Waals surface area contributed by atoms with Crippen molar-refractivity contribution in [2.75, 3.05) is 26.3 Å². The zero-order valence-electron chi connectivity index (χ0n) is 12.5. The van der Waals surface area contributed by atoms with Crippen LogP contribution >= 0.6 is 0 Å². The molecule has 8 nitrogen and oxygen atoms in total. The summed E-state index contributed by atoms with van der Waals surface area (Å²) in [6, 6.07) is 3.14. The molecule has 1 unspecified atom stereocenters. The van der Waals surface area contributed by atoms with Crippen LogP contribution in [0.4, 0.5) is 0 Å². The third-order valence-corrected chi connectivity index (χ3v) is 3.61. The van der Waals surface area contributed by atoms with Crippen molar-refractivity contribution in [2.24, 2.45) is 5.92 Å². The second-order valence-electron chi connectivity index (χ2n) is 5.37. The molecular formula is C15H17N5O3. The van der Waals surface area contributed by atoms with Gasteiger partial charge in [-0.25, -0.2) is 15.0 Å². The molecule has 2 aromatic rings. The number of carbonyl (C=O) groups excluding carboxylic acids is 1. The molecule has 0 aliphatic carbocycles. The molecule has 1 saturated heterocycles. The number of aromatic amines is 1. The molecule has 3 heterocycles. The molecule has 2 aromatic heterocycles. The Morgan fingerprint density at radius 2 is 2.17 bits per heavy atom. The number of H-pyrrole nitrogens is 1. The average Bonchev–Trinajstić information content (AvgIpc) is 2.80. The van der Waals surface area contributed by atoms with E-state index in [1.165, 1.54) is 12.4 Å². The first kappa shape index (κ1) is 15.3. The Balaban J connectivity index is 1.71. The van der Waals surface area contributed by atoms with Gasteiger partial charge in [-0.1, -0.05) is 0 Å². The monoisotopic (exact) mass is 315 g/mol. The van der Waals surface area contributed by atoms with Gasteiger partial charge in [0.1, 0.15) is 0 Å². The number of carbonyl (C=O) groups is 1. The van der Waals surface area contributed by atoms with Crippen molar-refractivity contribution < 1.29 is 9.53 Å². The van der Waals surface area contributed by atoms with E-state index in [4.69, 9.17) is 4.74 Å². The van der Waals surface area contributed by atoms with Crippen LogP contribution in [-0.4, -0.2) is 57.0 Å². The number of nitrogens with zero attached hydrogens (tertiary/aromatic N) is 4. The molecule has 0 bridgehead atoms. The lowest BCUT2D eigenvalue weighted by molar-refractivity contribution is 0.0725. The molecule has 1 amide bonds. The van der Waals surface area contributed by atoms with Gasteiger partial charge in [-0.05, 0) is 12.5 Å². The molecule has 1 N–H and O–H groups in total. The van der Waals surface area contributed by atoms with Crippen molar-refractivity contribution in [1.82, 2.24) is 24.8 Å². The van der Waals surface area contributed by atoms with Gasteiger partial charge in [-0.15, -0.1) is 0 Å². The Bertz CT molecular complexity index is 718. The molecule has 1 aliphatic heterocycles. The molecule has 0 spiro atoms. The van der Waals surface area contributed by atoms with Gasteiger partial charge in [0.25, 0.3) is 11.5 Å². The average molecular weight is 315 g/mol. The maximum atomic E-state index is 12.5. The van der Waals surface area contributed by atoms with Gasteiger partial charge in [0.15, 0.2) is 0 Å². The Morgan fingerprint density at radius 3 is 2.96 bits per heavy atom. The zero-order chi connectivity index (χ0) is 16.1. The number of hydrogen-bond acceptors (Lipinski definition) is 6. The van der Waals surface area contributed by atoms with Gasteiger partial charge in [0.05, 0.1) is 19.5 Å². The van der Waals surface area contributed by atoms with Gasteiger partial charge >= 0.3 is 0 Å². The Kier molecular flexibility index (Phi) is 4.72. The Hall–Kier alpha value is -2.61. The number of ether oxygens (including phenoxy) is 1. The topological polar surface area (TPSA) is 101 Å². The second kappa shape index (κ2) is 7.10. The van der Waals surface area contributed by atoms with E-state index in [9.17, 15) is 9.59 Å². The summed E-state index contributed by atoms with van der Waals surface area (Å²) in [5.74, 6) is 0.0434. The number of aromatic nitrogens is 4. The highest BCUT2D eigenvalue weighted by Gasteiger charge is 2.25. The molecule has 23 heavy (non-hydrogen) atoms. The number of rotatable bonds is 3. The van der Waals surface area contributed by atoms with E-state index in [1.807, 2.05) is 0 Å². The molecule has 1 atom stereocenters. The first-order valence-electron chi connectivity index (χ1n) is 7.40.